The molecule has 0 spiro atoms. The lowest BCUT2D eigenvalue weighted by Gasteiger charge is -2.43. The fourth-order valence-corrected chi connectivity index (χ4v) is 14.1. The molecule has 2 aromatic carbocycles. The first kappa shape index (κ1) is 53.9. The summed E-state index contributed by atoms with van der Waals surface area (Å²) in [5.41, 5.74) is 15.3. The van der Waals surface area contributed by atoms with Gasteiger partial charge in [0.2, 0.25) is 17.7 Å². The van der Waals surface area contributed by atoms with Gasteiger partial charge in [-0.15, -0.1) is 21.5 Å². The number of aliphatic hydroxyl groups excluding tert-OH is 1. The van der Waals surface area contributed by atoms with Gasteiger partial charge in [0.1, 0.15) is 18.1 Å². The third-order valence-corrected chi connectivity index (χ3v) is 18.8. The van der Waals surface area contributed by atoms with Gasteiger partial charge in [-0.3, -0.25) is 9.59 Å². The van der Waals surface area contributed by atoms with Crippen LogP contribution in [0, 0.1) is 18.8 Å². The minimum Gasteiger partial charge on any atom is -0.474 e. The van der Waals surface area contributed by atoms with Crippen molar-refractivity contribution in [2.75, 3.05) is 72.8 Å². The van der Waals surface area contributed by atoms with Crippen molar-refractivity contribution in [3.8, 4) is 27.6 Å². The number of thiazole rings is 1. The molecule has 19 heteroatoms. The lowest BCUT2D eigenvalue weighted by molar-refractivity contribution is -0.141. The van der Waals surface area contributed by atoms with E-state index in [2.05, 4.69) is 80.6 Å². The van der Waals surface area contributed by atoms with Crippen LogP contribution in [0.4, 0.5) is 23.0 Å². The highest BCUT2D eigenvalue weighted by molar-refractivity contribution is 7.13. The van der Waals surface area contributed by atoms with Crippen LogP contribution in [0.2, 0.25) is 0 Å². The average molecular weight is 1110 g/mol. The number of piperazine rings is 1. The highest BCUT2D eigenvalue weighted by atomic mass is 32.1. The maximum absolute atomic E-state index is 14.4. The van der Waals surface area contributed by atoms with Gasteiger partial charge in [-0.2, -0.15) is 0 Å². The van der Waals surface area contributed by atoms with Crippen LogP contribution in [0.15, 0.2) is 95.1 Å². The highest BCUT2D eigenvalue weighted by Gasteiger charge is 2.45. The molecule has 422 valence electrons. The molecule has 6 aromatic rings. The Balaban J connectivity index is 0.564. The Morgan fingerprint density at radius 2 is 1.56 bits per heavy atom. The van der Waals surface area contributed by atoms with Crippen molar-refractivity contribution in [3.63, 3.8) is 0 Å². The standard InChI is InChI=1S/C61H76N12O6S/c1-37(2)57(61(76)72-35-47(74)27-53(72)60(75)65-38(3)41-10-12-43(13-11-41)58-39(4)64-36-80-58)54-31-55(68-79-54)70-24-17-40(18-25-70)32-69-22-19-48(20-23-69)77-49-28-50(29-49)78-56-26-44(16-21-63-56)73-45-14-15-46(73)34-71(33-45)52-30-51(66-67-59(52)62)42-8-6-5-7-9-42/h5-13,16,21,26,30-31,36-38,40,45-50,53,57,74H,14-15,17-20,22-25,27-29,32-35H2,1-4H3,(H2,62,67)(H,65,75)/t38-,45?,46?,47+,49?,50?,53-,57+/m0/s1. The first-order chi connectivity index (χ1) is 38.9. The van der Waals surface area contributed by atoms with Crippen LogP contribution in [0.1, 0.15) is 108 Å². The summed E-state index contributed by atoms with van der Waals surface area (Å²) < 4.78 is 19.1. The molecule has 2 bridgehead atoms. The number of benzene rings is 2. The number of nitrogens with one attached hydrogen (secondary N) is 1. The van der Waals surface area contributed by atoms with Gasteiger partial charge in [-0.1, -0.05) is 73.6 Å². The molecule has 2 unspecified atom stereocenters. The van der Waals surface area contributed by atoms with Crippen molar-refractivity contribution in [1.82, 2.24) is 40.4 Å². The van der Waals surface area contributed by atoms with E-state index in [1.807, 2.05) is 87.9 Å². The number of rotatable bonds is 17. The summed E-state index contributed by atoms with van der Waals surface area (Å²) in [6.07, 6.45) is 10.1. The number of β-amino-alcohol motifs (C(OH)–C–C–N with tert-alkyl or cyclic N) is 1. The SMILES string of the molecule is Cc1ncsc1-c1ccc([C@H](C)NC(=O)[C@@H]2C[C@@H](O)CN2C(=O)[C@@H](c2cc(N3CCC(CN4CCC(OC5CC(Oc6cc(N7C8CCC7CN(c7cc(-c9ccccc9)nnc7N)C8)ccn6)C5)CC4)CC3)no2)C(C)C)cc1. The molecule has 2 amide bonds. The lowest BCUT2D eigenvalue weighted by atomic mass is 9.91. The number of aryl methyl sites for hydroxylation is 1. The minimum atomic E-state index is -0.799. The van der Waals surface area contributed by atoms with Gasteiger partial charge in [0.15, 0.2) is 17.4 Å². The Morgan fingerprint density at radius 1 is 0.812 bits per heavy atom. The fraction of sp³-hybridized carbons (Fsp3) is 0.525. The van der Waals surface area contributed by atoms with Gasteiger partial charge < -0.3 is 54.7 Å². The van der Waals surface area contributed by atoms with E-state index in [4.69, 9.17) is 19.7 Å². The van der Waals surface area contributed by atoms with Crippen molar-refractivity contribution >= 4 is 46.2 Å². The maximum atomic E-state index is 14.4. The number of nitrogens with two attached hydrogens (primary N) is 1. The summed E-state index contributed by atoms with van der Waals surface area (Å²) in [4.78, 5) is 49.7. The summed E-state index contributed by atoms with van der Waals surface area (Å²) >= 11 is 1.60. The molecule has 6 atom stereocenters. The van der Waals surface area contributed by atoms with Crippen LogP contribution in [0.3, 0.4) is 0 Å². The van der Waals surface area contributed by atoms with Gasteiger partial charge in [0, 0.05) is 113 Å². The zero-order chi connectivity index (χ0) is 55.0. The quantitative estimate of drug-likeness (QED) is 0.0786. The van der Waals surface area contributed by atoms with E-state index < -0.39 is 18.1 Å². The molecule has 9 heterocycles. The van der Waals surface area contributed by atoms with E-state index in [1.54, 1.807) is 16.2 Å². The Kier molecular flexibility index (Phi) is 15.8. The van der Waals surface area contributed by atoms with E-state index in [-0.39, 0.29) is 55.1 Å². The Labute approximate surface area is 473 Å². The predicted octanol–water partition coefficient (Wildman–Crippen LogP) is 8.28. The number of carbonyl (C=O) groups is 2. The largest absolute Gasteiger partial charge is 0.474 e. The first-order valence-corrected chi connectivity index (χ1v) is 30.0. The summed E-state index contributed by atoms with van der Waals surface area (Å²) in [6, 6.07) is 26.1. The molecule has 12 rings (SSSR count). The zero-order valence-corrected chi connectivity index (χ0v) is 47.3. The van der Waals surface area contributed by atoms with Crippen molar-refractivity contribution in [1.29, 1.82) is 0 Å². The molecular weight excluding hydrogens is 1030 g/mol. The molecule has 1 aliphatic carbocycles. The molecular formula is C61H76N12O6S. The van der Waals surface area contributed by atoms with E-state index in [0.29, 0.717) is 35.5 Å². The number of fused-ring (bicyclic) bond motifs is 2. The van der Waals surface area contributed by atoms with Crippen LogP contribution >= 0.6 is 11.3 Å². The molecule has 6 fully saturated rings. The van der Waals surface area contributed by atoms with Gasteiger partial charge in [0.25, 0.3) is 0 Å². The minimum absolute atomic E-state index is 0.0880. The van der Waals surface area contributed by atoms with Crippen molar-refractivity contribution < 1.29 is 28.7 Å². The number of hydrogen-bond acceptors (Lipinski definition) is 17. The lowest BCUT2D eigenvalue weighted by Crippen LogP contribution is -2.54. The second-order valence-electron chi connectivity index (χ2n) is 23.6. The Bertz CT molecular complexity index is 3070. The summed E-state index contributed by atoms with van der Waals surface area (Å²) in [5, 5.41) is 27.2. The first-order valence-electron chi connectivity index (χ1n) is 29.1. The number of anilines is 4. The van der Waals surface area contributed by atoms with Crippen LogP contribution in [0.25, 0.3) is 21.7 Å². The van der Waals surface area contributed by atoms with Crippen molar-refractivity contribution in [2.45, 2.75) is 140 Å². The fourth-order valence-electron chi connectivity index (χ4n) is 13.3. The van der Waals surface area contributed by atoms with Crippen LogP contribution in [-0.4, -0.2) is 147 Å². The molecule has 80 heavy (non-hydrogen) atoms. The highest BCUT2D eigenvalue weighted by Crippen LogP contribution is 2.41. The van der Waals surface area contributed by atoms with Gasteiger partial charge >= 0.3 is 0 Å². The Hall–Kier alpha value is -6.67. The number of pyridine rings is 1. The molecule has 4 aromatic heterocycles. The number of nitrogen functional groups attached to an aromatic ring is 1. The molecule has 4 N–H and O–H groups in total. The van der Waals surface area contributed by atoms with E-state index in [1.165, 1.54) is 5.69 Å². The molecule has 0 radical (unpaired) electrons. The van der Waals surface area contributed by atoms with Gasteiger partial charge in [-0.25, -0.2) is 9.97 Å². The number of likely N-dealkylation sites (tertiary alicyclic amines) is 2. The topological polar surface area (TPSA) is 205 Å². The van der Waals surface area contributed by atoms with Crippen molar-refractivity contribution in [2.24, 2.45) is 11.8 Å². The van der Waals surface area contributed by atoms with Crippen molar-refractivity contribution in [3.05, 3.63) is 108 Å². The van der Waals surface area contributed by atoms with E-state index in [9.17, 15) is 14.7 Å². The summed E-state index contributed by atoms with van der Waals surface area (Å²) in [6.45, 7) is 14.6. The molecule has 5 aliphatic heterocycles. The third-order valence-electron chi connectivity index (χ3n) is 17.8. The van der Waals surface area contributed by atoms with Crippen LogP contribution < -0.4 is 30.5 Å². The normalized spacial score (nSPS) is 24.5. The number of ether oxygens (including phenoxy) is 2. The zero-order valence-electron chi connectivity index (χ0n) is 46.5. The maximum Gasteiger partial charge on any atom is 0.243 e. The summed E-state index contributed by atoms with van der Waals surface area (Å²) in [7, 11) is 0. The second kappa shape index (κ2) is 23.4. The molecule has 6 aliphatic rings. The molecule has 18 nitrogen and oxygen atoms in total. The number of hydrogen-bond donors (Lipinski definition) is 3. The average Bonchev–Trinajstić information content (AvgIpc) is 4.29. The number of aliphatic hydroxyl groups is 1. The third kappa shape index (κ3) is 11.6. The monoisotopic (exact) mass is 1100 g/mol. The van der Waals surface area contributed by atoms with Crippen LogP contribution in [-0.2, 0) is 14.3 Å². The van der Waals surface area contributed by atoms with Gasteiger partial charge in [0.05, 0.1) is 51.8 Å². The van der Waals surface area contributed by atoms with Gasteiger partial charge in [-0.05, 0) is 87.5 Å². The number of amides is 2. The number of carbonyl (C=O) groups excluding carboxylic acids is 2. The molecule has 1 saturated carbocycles. The Morgan fingerprint density at radius 3 is 2.27 bits per heavy atom. The smallest absolute Gasteiger partial charge is 0.243 e. The molecule has 5 saturated heterocycles. The van der Waals surface area contributed by atoms with E-state index >= 15 is 0 Å². The second-order valence-corrected chi connectivity index (χ2v) is 24.5. The predicted molar refractivity (Wildman–Crippen MR) is 310 cm³/mol. The van der Waals surface area contributed by atoms with Crippen LogP contribution in [0.5, 0.6) is 5.88 Å². The number of nitrogens with zero attached hydrogens (tertiary/aromatic N) is 10. The number of piperidine rings is 2. The number of aromatic nitrogens is 5. The van der Waals surface area contributed by atoms with E-state index in [0.717, 1.165) is 142 Å². The summed E-state index contributed by atoms with van der Waals surface area (Å²) in [5.74, 6) is 1.69.